The maximum Gasteiger partial charge on any atom is 0.280 e. The van der Waals surface area contributed by atoms with Crippen molar-refractivity contribution in [3.63, 3.8) is 0 Å². The highest BCUT2D eigenvalue weighted by Gasteiger charge is 2.22. The quantitative estimate of drug-likeness (QED) is 0.550. The van der Waals surface area contributed by atoms with Crippen LogP contribution in [-0.4, -0.2) is 20.6 Å². The van der Waals surface area contributed by atoms with Crippen molar-refractivity contribution >= 4 is 22.9 Å². The number of rotatable bonds is 5. The Balaban J connectivity index is 1.55. The summed E-state index contributed by atoms with van der Waals surface area (Å²) in [5, 5.41) is 6.48. The van der Waals surface area contributed by atoms with Crippen LogP contribution in [0.2, 0.25) is 0 Å². The Morgan fingerprint density at radius 3 is 2.79 bits per heavy atom. The number of aryl methyl sites for hydroxylation is 2. The Hall–Kier alpha value is -3.75. The van der Waals surface area contributed by atoms with Crippen molar-refractivity contribution in [3.8, 4) is 5.75 Å². The van der Waals surface area contributed by atoms with E-state index < -0.39 is 17.5 Å². The number of imidazole rings is 1. The molecule has 148 valence electrons. The summed E-state index contributed by atoms with van der Waals surface area (Å²) in [7, 11) is 1.78. The monoisotopic (exact) mass is 398 g/mol. The van der Waals surface area contributed by atoms with Gasteiger partial charge >= 0.3 is 0 Å². The molecular formula is C20H16F2N4O3. The van der Waals surface area contributed by atoms with Gasteiger partial charge in [-0.15, -0.1) is 0 Å². The van der Waals surface area contributed by atoms with Crippen molar-refractivity contribution in [1.29, 1.82) is 0 Å². The van der Waals surface area contributed by atoms with Crippen LogP contribution in [0.5, 0.6) is 5.75 Å². The van der Waals surface area contributed by atoms with Gasteiger partial charge in [-0.2, -0.15) is 0 Å². The van der Waals surface area contributed by atoms with Gasteiger partial charge in [0.05, 0.1) is 16.6 Å². The summed E-state index contributed by atoms with van der Waals surface area (Å²) in [6, 6.07) is 10.4. The minimum absolute atomic E-state index is 0.00271. The molecule has 0 spiro atoms. The lowest BCUT2D eigenvalue weighted by atomic mass is 10.2. The first-order valence-corrected chi connectivity index (χ1v) is 8.70. The molecule has 2 aromatic carbocycles. The number of fused-ring (bicyclic) bond motifs is 1. The van der Waals surface area contributed by atoms with E-state index >= 15 is 0 Å². The smallest absolute Gasteiger partial charge is 0.280 e. The van der Waals surface area contributed by atoms with Crippen LogP contribution in [0.15, 0.2) is 47.0 Å². The molecule has 0 aliphatic rings. The van der Waals surface area contributed by atoms with Gasteiger partial charge in [0.1, 0.15) is 18.2 Å². The molecule has 4 aromatic rings. The van der Waals surface area contributed by atoms with Crippen LogP contribution in [0.25, 0.3) is 11.0 Å². The number of carbonyl (C=O) groups is 1. The molecule has 0 aliphatic heterocycles. The molecule has 0 saturated carbocycles. The van der Waals surface area contributed by atoms with Gasteiger partial charge in [-0.3, -0.25) is 10.1 Å². The van der Waals surface area contributed by atoms with E-state index in [1.807, 2.05) is 24.3 Å². The number of nitrogens with one attached hydrogen (secondary N) is 1. The fraction of sp³-hybridized carbons (Fsp3) is 0.150. The maximum absolute atomic E-state index is 13.8. The number of hydrogen-bond donors (Lipinski definition) is 1. The van der Waals surface area contributed by atoms with Crippen molar-refractivity contribution in [3.05, 3.63) is 71.1 Å². The van der Waals surface area contributed by atoms with E-state index in [9.17, 15) is 13.6 Å². The van der Waals surface area contributed by atoms with E-state index in [-0.39, 0.29) is 18.1 Å². The van der Waals surface area contributed by atoms with E-state index in [2.05, 4.69) is 15.5 Å². The highest BCUT2D eigenvalue weighted by atomic mass is 19.1. The predicted octanol–water partition coefficient (Wildman–Crippen LogP) is 3.98. The molecule has 0 saturated heterocycles. The third-order valence-electron chi connectivity index (χ3n) is 4.48. The molecule has 1 amide bonds. The van der Waals surface area contributed by atoms with Crippen LogP contribution in [0.3, 0.4) is 0 Å². The van der Waals surface area contributed by atoms with Crippen molar-refractivity contribution in [2.75, 3.05) is 5.32 Å². The SMILES string of the molecule is Cc1onc(C(=O)Nc2nc3ccccc3n2C)c1COc1ccc(F)cc1F. The number of hydrogen-bond acceptors (Lipinski definition) is 5. The molecular weight excluding hydrogens is 382 g/mol. The fourth-order valence-electron chi connectivity index (χ4n) is 2.90. The third kappa shape index (κ3) is 3.54. The first-order valence-electron chi connectivity index (χ1n) is 8.70. The molecule has 0 unspecified atom stereocenters. The van der Waals surface area contributed by atoms with E-state index in [1.54, 1.807) is 18.5 Å². The Kier molecular flexibility index (Phi) is 4.71. The number of nitrogens with zero attached hydrogens (tertiary/aromatic N) is 3. The van der Waals surface area contributed by atoms with Gasteiger partial charge in [0.15, 0.2) is 17.3 Å². The molecule has 7 nitrogen and oxygen atoms in total. The second-order valence-electron chi connectivity index (χ2n) is 6.37. The van der Waals surface area contributed by atoms with Crippen molar-refractivity contribution < 1.29 is 22.8 Å². The van der Waals surface area contributed by atoms with Gasteiger partial charge in [0.2, 0.25) is 5.95 Å². The summed E-state index contributed by atoms with van der Waals surface area (Å²) in [5.74, 6) is -1.55. The molecule has 1 N–H and O–H groups in total. The van der Waals surface area contributed by atoms with Crippen molar-refractivity contribution in [2.24, 2.45) is 7.05 Å². The molecule has 4 rings (SSSR count). The van der Waals surface area contributed by atoms with Gasteiger partial charge in [-0.25, -0.2) is 13.8 Å². The highest BCUT2D eigenvalue weighted by Crippen LogP contribution is 2.23. The zero-order chi connectivity index (χ0) is 20.5. The standard InChI is InChI=1S/C20H16F2N4O3/c1-11-13(10-28-17-8-7-12(21)9-14(17)22)18(25-29-11)19(27)24-20-23-15-5-3-4-6-16(15)26(20)2/h3-9H,10H2,1-2H3,(H,23,24,27). The number of ether oxygens (including phenoxy) is 1. The Morgan fingerprint density at radius 2 is 2.03 bits per heavy atom. The lowest BCUT2D eigenvalue weighted by molar-refractivity contribution is 0.101. The van der Waals surface area contributed by atoms with E-state index in [0.717, 1.165) is 23.2 Å². The lowest BCUT2D eigenvalue weighted by Gasteiger charge is -2.08. The second-order valence-corrected chi connectivity index (χ2v) is 6.37. The van der Waals surface area contributed by atoms with E-state index in [4.69, 9.17) is 9.26 Å². The van der Waals surface area contributed by atoms with Crippen LogP contribution >= 0.6 is 0 Å². The summed E-state index contributed by atoms with van der Waals surface area (Å²) < 4.78 is 39.0. The summed E-state index contributed by atoms with van der Waals surface area (Å²) >= 11 is 0. The van der Waals surface area contributed by atoms with Gasteiger partial charge in [-0.1, -0.05) is 17.3 Å². The van der Waals surface area contributed by atoms with Gasteiger partial charge in [0, 0.05) is 13.1 Å². The Bertz CT molecular complexity index is 1220. The van der Waals surface area contributed by atoms with Gasteiger partial charge < -0.3 is 13.8 Å². The van der Waals surface area contributed by atoms with Crippen LogP contribution in [0.1, 0.15) is 21.8 Å². The molecule has 2 aromatic heterocycles. The molecule has 0 atom stereocenters. The van der Waals surface area contributed by atoms with Crippen LogP contribution in [-0.2, 0) is 13.7 Å². The van der Waals surface area contributed by atoms with Crippen molar-refractivity contribution in [1.82, 2.24) is 14.7 Å². The predicted molar refractivity (Wildman–Crippen MR) is 101 cm³/mol. The molecule has 0 fully saturated rings. The zero-order valence-corrected chi connectivity index (χ0v) is 15.6. The molecule has 0 radical (unpaired) electrons. The summed E-state index contributed by atoms with van der Waals surface area (Å²) in [6.07, 6.45) is 0. The number of carbonyl (C=O) groups excluding carboxylic acids is 1. The van der Waals surface area contributed by atoms with Crippen molar-refractivity contribution in [2.45, 2.75) is 13.5 Å². The number of para-hydroxylation sites is 2. The van der Waals surface area contributed by atoms with Gasteiger partial charge in [-0.05, 0) is 31.2 Å². The number of aromatic nitrogens is 3. The van der Waals surface area contributed by atoms with Crippen LogP contribution in [0.4, 0.5) is 14.7 Å². The topological polar surface area (TPSA) is 82.2 Å². The molecule has 29 heavy (non-hydrogen) atoms. The average molecular weight is 398 g/mol. The Morgan fingerprint density at radius 1 is 1.24 bits per heavy atom. The Labute approximate surface area is 163 Å². The molecule has 9 heteroatoms. The van der Waals surface area contributed by atoms with Crippen LogP contribution in [0, 0.1) is 18.6 Å². The highest BCUT2D eigenvalue weighted by molar-refractivity contribution is 6.03. The molecule has 0 aliphatic carbocycles. The first-order chi connectivity index (χ1) is 13.9. The summed E-state index contributed by atoms with van der Waals surface area (Å²) in [6.45, 7) is 1.43. The average Bonchev–Trinajstić information content (AvgIpc) is 3.21. The number of amides is 1. The number of anilines is 1. The third-order valence-corrected chi connectivity index (χ3v) is 4.48. The van der Waals surface area contributed by atoms with Crippen LogP contribution < -0.4 is 10.1 Å². The summed E-state index contributed by atoms with van der Waals surface area (Å²) in [4.78, 5) is 17.1. The number of halogens is 2. The normalized spacial score (nSPS) is 11.0. The number of benzene rings is 2. The minimum atomic E-state index is -0.843. The van der Waals surface area contributed by atoms with E-state index in [0.29, 0.717) is 17.3 Å². The zero-order valence-electron chi connectivity index (χ0n) is 15.6. The van der Waals surface area contributed by atoms with Gasteiger partial charge in [0.25, 0.3) is 5.91 Å². The minimum Gasteiger partial charge on any atom is -0.486 e. The largest absolute Gasteiger partial charge is 0.486 e. The maximum atomic E-state index is 13.8. The lowest BCUT2D eigenvalue weighted by Crippen LogP contribution is -2.17. The molecule has 2 heterocycles. The second kappa shape index (κ2) is 7.34. The fourth-order valence-corrected chi connectivity index (χ4v) is 2.90. The molecule has 0 bridgehead atoms. The first kappa shape index (κ1) is 18.6. The van der Waals surface area contributed by atoms with E-state index in [1.165, 1.54) is 6.07 Å². The summed E-state index contributed by atoms with van der Waals surface area (Å²) in [5.41, 5.74) is 1.94.